The number of rotatable bonds is 8. The van der Waals surface area contributed by atoms with Crippen LogP contribution in [0.1, 0.15) is 34.0 Å². The van der Waals surface area contributed by atoms with Gasteiger partial charge in [-0.2, -0.15) is 5.10 Å². The fourth-order valence-corrected chi connectivity index (χ4v) is 3.52. The van der Waals surface area contributed by atoms with Crippen LogP contribution in [0.4, 0.5) is 0 Å². The van der Waals surface area contributed by atoms with Gasteiger partial charge in [-0.05, 0) is 77.3 Å². The van der Waals surface area contributed by atoms with Crippen molar-refractivity contribution in [3.05, 3.63) is 92.4 Å². The molecule has 1 N–H and O–H groups in total. The molecule has 0 aliphatic carbocycles. The molecule has 7 heteroatoms. The summed E-state index contributed by atoms with van der Waals surface area (Å²) in [6.45, 7) is 4.69. The molecular formula is C24H22BrClN2O3. The van der Waals surface area contributed by atoms with E-state index in [0.29, 0.717) is 35.3 Å². The smallest absolute Gasteiger partial charge is 0.271 e. The van der Waals surface area contributed by atoms with Gasteiger partial charge in [0.15, 0.2) is 11.5 Å². The summed E-state index contributed by atoms with van der Waals surface area (Å²) in [7, 11) is 0. The summed E-state index contributed by atoms with van der Waals surface area (Å²) in [6, 6.07) is 18.5. The number of benzene rings is 3. The second-order valence-corrected chi connectivity index (χ2v) is 8.04. The number of nitrogens with zero attached hydrogens (tertiary/aromatic N) is 1. The second-order valence-electron chi connectivity index (χ2n) is 6.75. The van der Waals surface area contributed by atoms with Crippen molar-refractivity contribution in [2.45, 2.75) is 20.5 Å². The van der Waals surface area contributed by atoms with Gasteiger partial charge in [0.1, 0.15) is 6.61 Å². The van der Waals surface area contributed by atoms with E-state index < -0.39 is 0 Å². The minimum absolute atomic E-state index is 0.271. The number of hydrogen-bond acceptors (Lipinski definition) is 4. The van der Waals surface area contributed by atoms with Crippen LogP contribution in [0.25, 0.3) is 0 Å². The third kappa shape index (κ3) is 6.57. The highest BCUT2D eigenvalue weighted by atomic mass is 79.9. The predicted molar refractivity (Wildman–Crippen MR) is 127 cm³/mol. The van der Waals surface area contributed by atoms with Crippen LogP contribution < -0.4 is 14.9 Å². The molecule has 0 fully saturated rings. The van der Waals surface area contributed by atoms with Crippen LogP contribution in [0.2, 0.25) is 5.02 Å². The molecular weight excluding hydrogens is 480 g/mol. The van der Waals surface area contributed by atoms with Gasteiger partial charge in [-0.3, -0.25) is 4.79 Å². The molecule has 5 nitrogen and oxygen atoms in total. The maximum absolute atomic E-state index is 12.2. The minimum Gasteiger partial charge on any atom is -0.490 e. The van der Waals surface area contributed by atoms with E-state index in [9.17, 15) is 4.79 Å². The Balaban J connectivity index is 1.72. The monoisotopic (exact) mass is 500 g/mol. The first kappa shape index (κ1) is 22.8. The molecule has 160 valence electrons. The van der Waals surface area contributed by atoms with Crippen molar-refractivity contribution in [1.29, 1.82) is 0 Å². The Morgan fingerprint density at radius 2 is 1.90 bits per heavy atom. The van der Waals surface area contributed by atoms with Gasteiger partial charge < -0.3 is 9.47 Å². The summed E-state index contributed by atoms with van der Waals surface area (Å²) in [5.41, 5.74) is 5.85. The molecule has 0 unspecified atom stereocenters. The van der Waals surface area contributed by atoms with Crippen LogP contribution in [-0.4, -0.2) is 18.7 Å². The molecule has 0 saturated heterocycles. The number of amides is 1. The van der Waals surface area contributed by atoms with Crippen LogP contribution >= 0.6 is 27.5 Å². The van der Waals surface area contributed by atoms with Crippen LogP contribution in [0.3, 0.4) is 0 Å². The van der Waals surface area contributed by atoms with E-state index >= 15 is 0 Å². The molecule has 31 heavy (non-hydrogen) atoms. The Bertz CT molecular complexity index is 1080. The maximum Gasteiger partial charge on any atom is 0.271 e. The zero-order valence-corrected chi connectivity index (χ0v) is 19.5. The minimum atomic E-state index is -0.271. The van der Waals surface area contributed by atoms with Gasteiger partial charge >= 0.3 is 0 Å². The van der Waals surface area contributed by atoms with Gasteiger partial charge in [0.25, 0.3) is 5.91 Å². The molecule has 0 aliphatic heterocycles. The van der Waals surface area contributed by atoms with E-state index in [1.165, 1.54) is 0 Å². The quantitative estimate of drug-likeness (QED) is 0.297. The molecule has 0 heterocycles. The molecule has 3 aromatic rings. The predicted octanol–water partition coefficient (Wildman–Crippen LogP) is 6.15. The molecule has 0 aromatic heterocycles. The topological polar surface area (TPSA) is 59.9 Å². The fourth-order valence-electron chi connectivity index (χ4n) is 2.82. The standard InChI is InChI=1S/C24H22BrClN2O3/c1-3-30-22-13-18(14-27-28-24(29)19-6-4-5-16(2)11-19)12-21(25)23(22)31-15-17-7-9-20(26)10-8-17/h4-14H,3,15H2,1-2H3,(H,28,29)/b27-14+. The van der Waals surface area contributed by atoms with Crippen molar-refractivity contribution in [2.75, 3.05) is 6.61 Å². The third-order valence-electron chi connectivity index (χ3n) is 4.29. The first-order valence-corrected chi connectivity index (χ1v) is 10.9. The largest absolute Gasteiger partial charge is 0.490 e. The molecule has 3 aromatic carbocycles. The molecule has 0 atom stereocenters. The summed E-state index contributed by atoms with van der Waals surface area (Å²) in [6.07, 6.45) is 1.56. The zero-order chi connectivity index (χ0) is 22.2. The molecule has 0 radical (unpaired) electrons. The Kier molecular flexibility index (Phi) is 8.09. The Morgan fingerprint density at radius 3 is 2.61 bits per heavy atom. The number of halogens is 2. The van der Waals surface area contributed by atoms with Crippen LogP contribution in [-0.2, 0) is 6.61 Å². The number of hydrazone groups is 1. The maximum atomic E-state index is 12.2. The number of ether oxygens (including phenoxy) is 2. The average Bonchev–Trinajstić information content (AvgIpc) is 2.74. The second kappa shape index (κ2) is 11.0. The highest BCUT2D eigenvalue weighted by Crippen LogP contribution is 2.37. The third-order valence-corrected chi connectivity index (χ3v) is 5.13. The van der Waals surface area contributed by atoms with Crippen molar-refractivity contribution in [2.24, 2.45) is 5.10 Å². The number of carbonyl (C=O) groups is 1. The van der Waals surface area contributed by atoms with E-state index in [0.717, 1.165) is 21.2 Å². The van der Waals surface area contributed by atoms with Gasteiger partial charge in [-0.25, -0.2) is 5.43 Å². The van der Waals surface area contributed by atoms with Gasteiger partial charge in [-0.15, -0.1) is 0 Å². The van der Waals surface area contributed by atoms with Gasteiger partial charge in [0.05, 0.1) is 17.3 Å². The highest BCUT2D eigenvalue weighted by Gasteiger charge is 2.12. The summed E-state index contributed by atoms with van der Waals surface area (Å²) in [5.74, 6) is 0.905. The molecule has 0 spiro atoms. The lowest BCUT2D eigenvalue weighted by Crippen LogP contribution is -2.17. The van der Waals surface area contributed by atoms with Crippen LogP contribution in [0.5, 0.6) is 11.5 Å². The lowest BCUT2D eigenvalue weighted by atomic mass is 10.1. The lowest BCUT2D eigenvalue weighted by Gasteiger charge is -2.14. The molecule has 0 aliphatic rings. The summed E-state index contributed by atoms with van der Waals surface area (Å²) < 4.78 is 12.5. The summed E-state index contributed by atoms with van der Waals surface area (Å²) in [5, 5.41) is 4.75. The fraction of sp³-hybridized carbons (Fsp3) is 0.167. The molecule has 0 saturated carbocycles. The van der Waals surface area contributed by atoms with Crippen molar-refractivity contribution in [3.8, 4) is 11.5 Å². The molecule has 1 amide bonds. The van der Waals surface area contributed by atoms with Gasteiger partial charge in [-0.1, -0.05) is 41.4 Å². The SMILES string of the molecule is CCOc1cc(/C=N/NC(=O)c2cccc(C)c2)cc(Br)c1OCc1ccc(Cl)cc1. The summed E-state index contributed by atoms with van der Waals surface area (Å²) >= 11 is 9.48. The Labute approximate surface area is 195 Å². The first-order chi connectivity index (χ1) is 15.0. The average molecular weight is 502 g/mol. The van der Waals surface area contributed by atoms with Crippen molar-refractivity contribution in [1.82, 2.24) is 5.43 Å². The molecule has 3 rings (SSSR count). The first-order valence-electron chi connectivity index (χ1n) is 9.70. The van der Waals surface area contributed by atoms with E-state index in [4.69, 9.17) is 21.1 Å². The normalized spacial score (nSPS) is 10.8. The Morgan fingerprint density at radius 1 is 1.13 bits per heavy atom. The lowest BCUT2D eigenvalue weighted by molar-refractivity contribution is 0.0955. The van der Waals surface area contributed by atoms with Crippen molar-refractivity contribution in [3.63, 3.8) is 0 Å². The van der Waals surface area contributed by atoms with E-state index in [2.05, 4.69) is 26.5 Å². The molecule has 0 bridgehead atoms. The van der Waals surface area contributed by atoms with Crippen molar-refractivity contribution < 1.29 is 14.3 Å². The number of nitrogens with one attached hydrogen (secondary N) is 1. The summed E-state index contributed by atoms with van der Waals surface area (Å²) in [4.78, 5) is 12.2. The van der Waals surface area contributed by atoms with E-state index in [1.54, 1.807) is 18.3 Å². The van der Waals surface area contributed by atoms with Gasteiger partial charge in [0.2, 0.25) is 0 Å². The number of hydrogen-bond donors (Lipinski definition) is 1. The zero-order valence-electron chi connectivity index (χ0n) is 17.2. The number of carbonyl (C=O) groups excluding carboxylic acids is 1. The van der Waals surface area contributed by atoms with E-state index in [1.807, 2.05) is 62.4 Å². The van der Waals surface area contributed by atoms with Crippen LogP contribution in [0.15, 0.2) is 70.2 Å². The highest BCUT2D eigenvalue weighted by molar-refractivity contribution is 9.10. The van der Waals surface area contributed by atoms with Gasteiger partial charge in [0, 0.05) is 10.6 Å². The van der Waals surface area contributed by atoms with E-state index in [-0.39, 0.29) is 5.91 Å². The Hall–Kier alpha value is -2.83. The van der Waals surface area contributed by atoms with Crippen molar-refractivity contribution >= 4 is 39.7 Å². The van der Waals surface area contributed by atoms with Crippen LogP contribution in [0, 0.1) is 6.92 Å². The number of aryl methyl sites for hydroxylation is 1.